The molecule has 0 bridgehead atoms. The number of hydrogen-bond donors (Lipinski definition) is 2. The second-order valence-corrected chi connectivity index (χ2v) is 3.93. The summed E-state index contributed by atoms with van der Waals surface area (Å²) >= 11 is 5.68. The van der Waals surface area contributed by atoms with Gasteiger partial charge in [-0.25, -0.2) is 5.43 Å². The van der Waals surface area contributed by atoms with E-state index >= 15 is 0 Å². The first kappa shape index (κ1) is 13.6. The van der Waals surface area contributed by atoms with Crippen LogP contribution in [0.1, 0.15) is 5.56 Å². The summed E-state index contributed by atoms with van der Waals surface area (Å²) in [4.78, 5) is 23.4. The molecule has 0 unspecified atom stereocenters. The number of nitrogens with one attached hydrogen (secondary N) is 2. The molecule has 9 nitrogen and oxygen atoms in total. The van der Waals surface area contributed by atoms with E-state index < -0.39 is 10.5 Å². The molecule has 0 atom stereocenters. The van der Waals surface area contributed by atoms with Gasteiger partial charge >= 0.3 is 0 Å². The number of halogens is 1. The lowest BCUT2D eigenvalue weighted by Gasteiger charge is -1.98. The zero-order valence-electron chi connectivity index (χ0n) is 9.78. The van der Waals surface area contributed by atoms with E-state index in [2.05, 4.69) is 25.7 Å². The molecule has 0 saturated carbocycles. The Kier molecular flexibility index (Phi) is 4.01. The Bertz CT molecular complexity index is 729. The SMILES string of the molecule is O=c1cnnc(N/N=C\c2ccc(Cl)c([N+](=O)[O-])c2)[nH]1. The van der Waals surface area contributed by atoms with Gasteiger partial charge in [0.15, 0.2) is 0 Å². The Morgan fingerprint density at radius 2 is 2.30 bits per heavy atom. The molecule has 0 radical (unpaired) electrons. The summed E-state index contributed by atoms with van der Waals surface area (Å²) in [5, 5.41) is 21.5. The van der Waals surface area contributed by atoms with Gasteiger partial charge in [-0.3, -0.25) is 19.9 Å². The molecule has 0 aliphatic rings. The maximum Gasteiger partial charge on any atom is 0.288 e. The lowest BCUT2D eigenvalue weighted by atomic mass is 10.2. The van der Waals surface area contributed by atoms with Gasteiger partial charge in [-0.2, -0.15) is 5.10 Å². The molecule has 102 valence electrons. The van der Waals surface area contributed by atoms with Crippen LogP contribution in [0.25, 0.3) is 0 Å². The third-order valence-electron chi connectivity index (χ3n) is 2.13. The van der Waals surface area contributed by atoms with Crippen LogP contribution < -0.4 is 11.0 Å². The minimum absolute atomic E-state index is 0.0402. The zero-order chi connectivity index (χ0) is 14.5. The van der Waals surface area contributed by atoms with E-state index in [1.807, 2.05) is 0 Å². The van der Waals surface area contributed by atoms with Gasteiger partial charge in [-0.1, -0.05) is 17.7 Å². The van der Waals surface area contributed by atoms with E-state index in [-0.39, 0.29) is 16.7 Å². The number of H-pyrrole nitrogens is 1. The van der Waals surface area contributed by atoms with Crippen LogP contribution in [0.5, 0.6) is 0 Å². The van der Waals surface area contributed by atoms with E-state index in [1.165, 1.54) is 18.3 Å². The number of rotatable bonds is 4. The number of nitrogens with zero attached hydrogens (tertiary/aromatic N) is 4. The van der Waals surface area contributed by atoms with Crippen molar-refractivity contribution in [2.45, 2.75) is 0 Å². The normalized spacial score (nSPS) is 10.7. The highest BCUT2D eigenvalue weighted by molar-refractivity contribution is 6.32. The summed E-state index contributed by atoms with van der Waals surface area (Å²) in [6.07, 6.45) is 2.33. The Morgan fingerprint density at radius 1 is 1.50 bits per heavy atom. The van der Waals surface area contributed by atoms with Gasteiger partial charge in [0.1, 0.15) is 11.2 Å². The Morgan fingerprint density at radius 3 is 3.00 bits per heavy atom. The van der Waals surface area contributed by atoms with Gasteiger partial charge in [-0.05, 0) is 6.07 Å². The van der Waals surface area contributed by atoms with Crippen molar-refractivity contribution in [1.29, 1.82) is 0 Å². The highest BCUT2D eigenvalue weighted by Gasteiger charge is 2.11. The fourth-order valence-corrected chi connectivity index (χ4v) is 1.47. The Labute approximate surface area is 116 Å². The second-order valence-electron chi connectivity index (χ2n) is 3.52. The highest BCUT2D eigenvalue weighted by atomic mass is 35.5. The fourth-order valence-electron chi connectivity index (χ4n) is 1.28. The summed E-state index contributed by atoms with van der Waals surface area (Å²) in [6.45, 7) is 0. The quantitative estimate of drug-likeness (QED) is 0.495. The molecule has 2 aromatic rings. The fraction of sp³-hybridized carbons (Fsp3) is 0. The summed E-state index contributed by atoms with van der Waals surface area (Å²) in [6, 6.07) is 4.22. The van der Waals surface area contributed by atoms with E-state index in [9.17, 15) is 14.9 Å². The maximum absolute atomic E-state index is 10.9. The lowest BCUT2D eigenvalue weighted by Crippen LogP contribution is -2.10. The molecule has 0 amide bonds. The van der Waals surface area contributed by atoms with Crippen LogP contribution in [0.2, 0.25) is 5.02 Å². The van der Waals surface area contributed by atoms with Crippen molar-refractivity contribution >= 4 is 29.5 Å². The summed E-state index contributed by atoms with van der Waals surface area (Å²) in [7, 11) is 0. The number of aromatic amines is 1. The van der Waals surface area contributed by atoms with Crippen molar-refractivity contribution in [2.24, 2.45) is 5.10 Å². The van der Waals surface area contributed by atoms with E-state index in [4.69, 9.17) is 11.6 Å². The molecule has 0 aliphatic carbocycles. The first-order valence-electron chi connectivity index (χ1n) is 5.21. The number of benzene rings is 1. The van der Waals surface area contributed by atoms with Crippen molar-refractivity contribution in [3.63, 3.8) is 0 Å². The number of hydrogen-bond acceptors (Lipinski definition) is 7. The third-order valence-corrected chi connectivity index (χ3v) is 2.44. The van der Waals surface area contributed by atoms with Crippen LogP contribution in [0.15, 0.2) is 34.3 Å². The van der Waals surface area contributed by atoms with Gasteiger partial charge in [-0.15, -0.1) is 10.2 Å². The smallest absolute Gasteiger partial charge is 0.288 e. The van der Waals surface area contributed by atoms with E-state index in [1.54, 1.807) is 6.07 Å². The number of hydrazone groups is 1. The van der Waals surface area contributed by atoms with Gasteiger partial charge in [0, 0.05) is 11.6 Å². The Hall–Kier alpha value is -2.81. The van der Waals surface area contributed by atoms with Crippen LogP contribution in [-0.4, -0.2) is 26.3 Å². The molecule has 0 fully saturated rings. The molecule has 0 aliphatic heterocycles. The summed E-state index contributed by atoms with van der Waals surface area (Å²) in [5.74, 6) is 0.0530. The molecule has 2 rings (SSSR count). The number of nitro benzene ring substituents is 1. The van der Waals surface area contributed by atoms with Crippen LogP contribution in [0.3, 0.4) is 0 Å². The molecule has 0 spiro atoms. The van der Waals surface area contributed by atoms with Crippen molar-refractivity contribution in [3.05, 3.63) is 55.5 Å². The van der Waals surface area contributed by atoms with Crippen LogP contribution in [-0.2, 0) is 0 Å². The number of anilines is 1. The van der Waals surface area contributed by atoms with Gasteiger partial charge in [0.05, 0.1) is 11.1 Å². The largest absolute Gasteiger partial charge is 0.289 e. The topological polar surface area (TPSA) is 126 Å². The Balaban J connectivity index is 2.14. The average Bonchev–Trinajstić information content (AvgIpc) is 2.40. The highest BCUT2D eigenvalue weighted by Crippen LogP contribution is 2.24. The first-order chi connectivity index (χ1) is 9.56. The van der Waals surface area contributed by atoms with Gasteiger partial charge < -0.3 is 0 Å². The van der Waals surface area contributed by atoms with Crippen LogP contribution in [0, 0.1) is 10.1 Å². The van der Waals surface area contributed by atoms with E-state index in [0.29, 0.717) is 5.56 Å². The number of nitro groups is 1. The third kappa shape index (κ3) is 3.36. The molecule has 1 aromatic heterocycles. The first-order valence-corrected chi connectivity index (χ1v) is 5.59. The number of aromatic nitrogens is 3. The maximum atomic E-state index is 10.9. The minimum atomic E-state index is -0.590. The predicted octanol–water partition coefficient (Wildman–Crippen LogP) is 1.17. The summed E-state index contributed by atoms with van der Waals surface area (Å²) in [5.41, 5.74) is 2.24. The van der Waals surface area contributed by atoms with Crippen LogP contribution >= 0.6 is 11.6 Å². The minimum Gasteiger partial charge on any atom is -0.289 e. The molecular weight excluding hydrogens is 288 g/mol. The summed E-state index contributed by atoms with van der Waals surface area (Å²) < 4.78 is 0. The molecular formula is C10H7ClN6O3. The molecule has 1 heterocycles. The molecule has 0 saturated heterocycles. The predicted molar refractivity (Wildman–Crippen MR) is 72.0 cm³/mol. The zero-order valence-corrected chi connectivity index (χ0v) is 10.5. The van der Waals surface area contributed by atoms with Crippen LogP contribution in [0.4, 0.5) is 11.6 Å². The van der Waals surface area contributed by atoms with Crippen molar-refractivity contribution in [2.75, 3.05) is 5.43 Å². The van der Waals surface area contributed by atoms with Gasteiger partial charge in [0.2, 0.25) is 5.95 Å². The monoisotopic (exact) mass is 294 g/mol. The molecule has 2 N–H and O–H groups in total. The molecule has 10 heteroatoms. The standard InChI is InChI=1S/C10H7ClN6O3/c11-7-2-1-6(3-8(7)17(19)20)4-12-15-10-14-9(18)5-13-16-10/h1-5H,(H2,14,15,16,18)/b12-4-. The van der Waals surface area contributed by atoms with Crippen molar-refractivity contribution in [1.82, 2.24) is 15.2 Å². The average molecular weight is 295 g/mol. The molecule has 20 heavy (non-hydrogen) atoms. The van der Waals surface area contributed by atoms with Crippen molar-refractivity contribution < 1.29 is 4.92 Å². The lowest BCUT2D eigenvalue weighted by molar-refractivity contribution is -0.384. The van der Waals surface area contributed by atoms with Crippen molar-refractivity contribution in [3.8, 4) is 0 Å². The molecule has 1 aromatic carbocycles. The van der Waals surface area contributed by atoms with E-state index in [0.717, 1.165) is 6.20 Å². The second kappa shape index (κ2) is 5.89. The van der Waals surface area contributed by atoms with Gasteiger partial charge in [0.25, 0.3) is 11.2 Å².